The van der Waals surface area contributed by atoms with Crippen LogP contribution in [0.1, 0.15) is 44.7 Å². The number of esters is 1. The number of ether oxygens (including phenoxy) is 1. The van der Waals surface area contributed by atoms with Gasteiger partial charge in [0.15, 0.2) is 0 Å². The number of sulfonamides is 1. The molecule has 2 aromatic rings. The minimum absolute atomic E-state index is 0.0534. The summed E-state index contributed by atoms with van der Waals surface area (Å²) < 4.78 is 31.3. The highest BCUT2D eigenvalue weighted by Crippen LogP contribution is 2.21. The molecule has 1 aliphatic rings. The van der Waals surface area contributed by atoms with Crippen LogP contribution in [0.2, 0.25) is 0 Å². The normalized spacial score (nSPS) is 14.1. The number of methoxy groups -OCH3 is 1. The molecule has 9 heteroatoms. The number of hydrogen-bond acceptors (Lipinski definition) is 6. The molecule has 30 heavy (non-hydrogen) atoms. The average molecular weight is 427 g/mol. The van der Waals surface area contributed by atoms with Crippen LogP contribution in [0.25, 0.3) is 0 Å². The van der Waals surface area contributed by atoms with Crippen molar-refractivity contribution in [2.45, 2.75) is 18.6 Å². The molecule has 0 aliphatic carbocycles. The van der Waals surface area contributed by atoms with Crippen LogP contribution in [-0.2, 0) is 20.5 Å². The van der Waals surface area contributed by atoms with Crippen molar-refractivity contribution in [1.29, 1.82) is 5.26 Å². The number of rotatable bonds is 6. The molecule has 1 heterocycles. The summed E-state index contributed by atoms with van der Waals surface area (Å²) in [6.07, 6.45) is 1.71. The van der Waals surface area contributed by atoms with Crippen LogP contribution in [0, 0.1) is 11.3 Å². The predicted molar refractivity (Wildman–Crippen MR) is 110 cm³/mol. The topological polar surface area (TPSA) is 117 Å². The van der Waals surface area contributed by atoms with Gasteiger partial charge in [-0.3, -0.25) is 4.79 Å². The van der Waals surface area contributed by atoms with Gasteiger partial charge in [-0.25, -0.2) is 17.5 Å². The van der Waals surface area contributed by atoms with Gasteiger partial charge in [0.25, 0.3) is 5.91 Å². The van der Waals surface area contributed by atoms with E-state index in [0.29, 0.717) is 18.7 Å². The van der Waals surface area contributed by atoms with E-state index in [-0.39, 0.29) is 28.1 Å². The molecule has 0 bridgehead atoms. The fourth-order valence-corrected chi connectivity index (χ4v) is 4.86. The van der Waals surface area contributed by atoms with Crippen LogP contribution in [0.5, 0.6) is 0 Å². The number of benzene rings is 2. The van der Waals surface area contributed by atoms with Crippen molar-refractivity contribution >= 4 is 27.6 Å². The first-order chi connectivity index (χ1) is 14.3. The smallest absolute Gasteiger partial charge is 0.340 e. The lowest BCUT2D eigenvalue weighted by molar-refractivity contribution is 0.0602. The Morgan fingerprint density at radius 3 is 2.57 bits per heavy atom. The van der Waals surface area contributed by atoms with Crippen molar-refractivity contribution in [1.82, 2.24) is 4.31 Å². The number of nitriles is 1. The van der Waals surface area contributed by atoms with Crippen LogP contribution in [0.4, 0.5) is 5.69 Å². The molecule has 0 radical (unpaired) electrons. The molecule has 0 unspecified atom stereocenters. The van der Waals surface area contributed by atoms with Crippen LogP contribution in [0.15, 0.2) is 42.5 Å². The van der Waals surface area contributed by atoms with Crippen molar-refractivity contribution in [3.63, 3.8) is 0 Å². The van der Waals surface area contributed by atoms with E-state index in [1.54, 1.807) is 18.2 Å². The molecule has 1 amide bonds. The van der Waals surface area contributed by atoms with Gasteiger partial charge in [0.1, 0.15) is 0 Å². The Morgan fingerprint density at radius 2 is 1.90 bits per heavy atom. The van der Waals surface area contributed by atoms with Gasteiger partial charge >= 0.3 is 5.97 Å². The van der Waals surface area contributed by atoms with E-state index in [9.17, 15) is 18.0 Å². The van der Waals surface area contributed by atoms with Gasteiger partial charge in [-0.05, 0) is 48.7 Å². The Bertz CT molecular complexity index is 1120. The number of carbonyl (C=O) groups is 2. The highest BCUT2D eigenvalue weighted by Gasteiger charge is 2.25. The minimum Gasteiger partial charge on any atom is -0.465 e. The molecule has 156 valence electrons. The van der Waals surface area contributed by atoms with Crippen molar-refractivity contribution in [2.75, 3.05) is 25.5 Å². The van der Waals surface area contributed by atoms with E-state index in [1.165, 1.54) is 35.7 Å². The zero-order chi connectivity index (χ0) is 21.7. The molecular formula is C21H21N3O5S. The maximum absolute atomic E-state index is 12.7. The Hall–Kier alpha value is -3.22. The van der Waals surface area contributed by atoms with Gasteiger partial charge in [0.05, 0.1) is 35.7 Å². The van der Waals surface area contributed by atoms with Gasteiger partial charge in [-0.2, -0.15) is 5.26 Å². The first kappa shape index (κ1) is 21.5. The second-order valence-corrected chi connectivity index (χ2v) is 8.85. The number of amides is 1. The molecule has 0 saturated carbocycles. The maximum atomic E-state index is 12.7. The SMILES string of the molecule is COC(=O)c1cc(C#N)ccc1NC(=O)c1cccc(CS(=O)(=O)N2CCCC2)c1. The first-order valence-electron chi connectivity index (χ1n) is 9.34. The van der Waals surface area contributed by atoms with E-state index in [4.69, 9.17) is 10.00 Å². The fourth-order valence-electron chi connectivity index (χ4n) is 3.27. The molecule has 2 aromatic carbocycles. The molecule has 0 spiro atoms. The van der Waals surface area contributed by atoms with E-state index in [1.807, 2.05) is 6.07 Å². The van der Waals surface area contributed by atoms with E-state index in [2.05, 4.69) is 5.32 Å². The zero-order valence-electron chi connectivity index (χ0n) is 16.4. The van der Waals surface area contributed by atoms with Crippen LogP contribution >= 0.6 is 0 Å². The number of hydrogen-bond donors (Lipinski definition) is 1. The van der Waals surface area contributed by atoms with Gasteiger partial charge in [-0.15, -0.1) is 0 Å². The standard InChI is InChI=1S/C21H21N3O5S/c1-29-21(26)18-12-15(13-22)7-8-19(18)23-20(25)17-6-4-5-16(11-17)14-30(27,28)24-9-2-3-10-24/h4-8,11-12H,2-3,9-10,14H2,1H3,(H,23,25). The molecule has 1 N–H and O–H groups in total. The number of nitrogens with zero attached hydrogens (tertiary/aromatic N) is 2. The Morgan fingerprint density at radius 1 is 1.17 bits per heavy atom. The van der Waals surface area contributed by atoms with E-state index >= 15 is 0 Å². The summed E-state index contributed by atoms with van der Waals surface area (Å²) in [7, 11) is -2.23. The van der Waals surface area contributed by atoms with E-state index < -0.39 is 21.9 Å². The lowest BCUT2D eigenvalue weighted by Gasteiger charge is -2.16. The quantitative estimate of drug-likeness (QED) is 0.708. The van der Waals surface area contributed by atoms with Crippen LogP contribution < -0.4 is 5.32 Å². The molecule has 1 aliphatic heterocycles. The number of nitrogens with one attached hydrogen (secondary N) is 1. The van der Waals surface area contributed by atoms with Crippen molar-refractivity contribution < 1.29 is 22.7 Å². The van der Waals surface area contributed by atoms with Crippen molar-refractivity contribution in [3.05, 3.63) is 64.7 Å². The Kier molecular flexibility index (Phi) is 6.50. The number of anilines is 1. The van der Waals surface area contributed by atoms with Gasteiger partial charge < -0.3 is 10.1 Å². The zero-order valence-corrected chi connectivity index (χ0v) is 17.2. The monoisotopic (exact) mass is 427 g/mol. The summed E-state index contributed by atoms with van der Waals surface area (Å²) in [6.45, 7) is 1.05. The largest absolute Gasteiger partial charge is 0.465 e. The molecule has 3 rings (SSSR count). The molecule has 1 saturated heterocycles. The third-order valence-corrected chi connectivity index (χ3v) is 6.65. The third-order valence-electron chi connectivity index (χ3n) is 4.80. The summed E-state index contributed by atoms with van der Waals surface area (Å²) >= 11 is 0. The highest BCUT2D eigenvalue weighted by atomic mass is 32.2. The summed E-state index contributed by atoms with van der Waals surface area (Å²) in [4.78, 5) is 24.7. The van der Waals surface area contributed by atoms with Gasteiger partial charge in [0.2, 0.25) is 10.0 Å². The lowest BCUT2D eigenvalue weighted by atomic mass is 10.1. The van der Waals surface area contributed by atoms with Crippen LogP contribution in [-0.4, -0.2) is 44.8 Å². The lowest BCUT2D eigenvalue weighted by Crippen LogP contribution is -2.29. The summed E-state index contributed by atoms with van der Waals surface area (Å²) in [5, 5.41) is 11.7. The molecule has 8 nitrogen and oxygen atoms in total. The fraction of sp³-hybridized carbons (Fsp3) is 0.286. The van der Waals surface area contributed by atoms with Crippen LogP contribution in [0.3, 0.4) is 0 Å². The second kappa shape index (κ2) is 9.07. The van der Waals surface area contributed by atoms with Gasteiger partial charge in [-0.1, -0.05) is 12.1 Å². The predicted octanol–water partition coefficient (Wildman–Crippen LogP) is 2.52. The Labute approximate surface area is 175 Å². The third kappa shape index (κ3) is 4.84. The molecular weight excluding hydrogens is 406 g/mol. The van der Waals surface area contributed by atoms with Gasteiger partial charge in [0, 0.05) is 18.7 Å². The highest BCUT2D eigenvalue weighted by molar-refractivity contribution is 7.88. The number of carbonyl (C=O) groups excluding carboxylic acids is 2. The maximum Gasteiger partial charge on any atom is 0.340 e. The average Bonchev–Trinajstić information content (AvgIpc) is 3.29. The first-order valence-corrected chi connectivity index (χ1v) is 11.0. The van der Waals surface area contributed by atoms with Crippen molar-refractivity contribution in [2.24, 2.45) is 0 Å². The summed E-state index contributed by atoms with van der Waals surface area (Å²) in [5.74, 6) is -1.38. The molecule has 0 atom stereocenters. The molecule has 0 aromatic heterocycles. The van der Waals surface area contributed by atoms with Crippen molar-refractivity contribution in [3.8, 4) is 6.07 Å². The molecule has 1 fully saturated rings. The van der Waals surface area contributed by atoms with E-state index in [0.717, 1.165) is 12.8 Å². The minimum atomic E-state index is -3.43. The second-order valence-electron chi connectivity index (χ2n) is 6.88. The summed E-state index contributed by atoms with van der Waals surface area (Å²) in [5.41, 5.74) is 1.26. The summed E-state index contributed by atoms with van der Waals surface area (Å²) in [6, 6.07) is 12.5. The Balaban J connectivity index is 1.81.